The van der Waals surface area contributed by atoms with Crippen molar-refractivity contribution in [3.63, 3.8) is 0 Å². The van der Waals surface area contributed by atoms with Crippen molar-refractivity contribution in [3.05, 3.63) is 29.8 Å². The SMILES string of the molecule is CCOc1ccc([C@H](C)NC(=O)[C@@H]2C[C@@H]2C)cc1. The van der Waals surface area contributed by atoms with Crippen LogP contribution in [0.15, 0.2) is 24.3 Å². The van der Waals surface area contributed by atoms with Gasteiger partial charge in [-0.05, 0) is 43.9 Å². The molecule has 98 valence electrons. The smallest absolute Gasteiger partial charge is 0.223 e. The van der Waals surface area contributed by atoms with Crippen LogP contribution in [-0.4, -0.2) is 12.5 Å². The van der Waals surface area contributed by atoms with Gasteiger partial charge in [-0.15, -0.1) is 0 Å². The molecule has 3 heteroatoms. The quantitative estimate of drug-likeness (QED) is 0.868. The molecule has 2 rings (SSSR count). The summed E-state index contributed by atoms with van der Waals surface area (Å²) in [5, 5.41) is 3.06. The van der Waals surface area contributed by atoms with E-state index in [0.717, 1.165) is 17.7 Å². The minimum absolute atomic E-state index is 0.0565. The number of carbonyl (C=O) groups excluding carboxylic acids is 1. The van der Waals surface area contributed by atoms with E-state index in [2.05, 4.69) is 12.2 Å². The Labute approximate surface area is 109 Å². The van der Waals surface area contributed by atoms with Crippen molar-refractivity contribution in [1.82, 2.24) is 5.32 Å². The van der Waals surface area contributed by atoms with Gasteiger partial charge >= 0.3 is 0 Å². The Morgan fingerprint density at radius 3 is 2.56 bits per heavy atom. The monoisotopic (exact) mass is 247 g/mol. The molecule has 3 nitrogen and oxygen atoms in total. The minimum Gasteiger partial charge on any atom is -0.494 e. The Balaban J connectivity index is 1.91. The van der Waals surface area contributed by atoms with Gasteiger partial charge < -0.3 is 10.1 Å². The third kappa shape index (κ3) is 3.03. The van der Waals surface area contributed by atoms with Gasteiger partial charge in [0, 0.05) is 5.92 Å². The van der Waals surface area contributed by atoms with Crippen LogP contribution in [0.1, 0.15) is 38.8 Å². The van der Waals surface area contributed by atoms with Crippen LogP contribution in [0, 0.1) is 11.8 Å². The fourth-order valence-electron chi connectivity index (χ4n) is 2.11. The number of carbonyl (C=O) groups is 1. The van der Waals surface area contributed by atoms with Gasteiger partial charge in [0.2, 0.25) is 5.91 Å². The highest BCUT2D eigenvalue weighted by Gasteiger charge is 2.39. The number of hydrogen-bond donors (Lipinski definition) is 1. The predicted molar refractivity (Wildman–Crippen MR) is 71.4 cm³/mol. The lowest BCUT2D eigenvalue weighted by Crippen LogP contribution is -2.28. The molecule has 1 aliphatic rings. The first-order valence-electron chi connectivity index (χ1n) is 6.65. The Hall–Kier alpha value is -1.51. The van der Waals surface area contributed by atoms with Crippen LogP contribution in [0.25, 0.3) is 0 Å². The second-order valence-electron chi connectivity index (χ2n) is 5.05. The third-order valence-corrected chi connectivity index (χ3v) is 3.50. The lowest BCUT2D eigenvalue weighted by molar-refractivity contribution is -0.123. The summed E-state index contributed by atoms with van der Waals surface area (Å²) in [4.78, 5) is 11.8. The van der Waals surface area contributed by atoms with Crippen LogP contribution < -0.4 is 10.1 Å². The van der Waals surface area contributed by atoms with Crippen LogP contribution in [-0.2, 0) is 4.79 Å². The number of ether oxygens (including phenoxy) is 1. The normalized spacial score (nSPS) is 23.3. The van der Waals surface area contributed by atoms with Gasteiger partial charge in [0.15, 0.2) is 0 Å². The second kappa shape index (κ2) is 5.42. The maximum Gasteiger partial charge on any atom is 0.223 e. The van der Waals surface area contributed by atoms with Crippen LogP contribution in [0.3, 0.4) is 0 Å². The molecule has 1 N–H and O–H groups in total. The summed E-state index contributed by atoms with van der Waals surface area (Å²) in [6.07, 6.45) is 1.03. The zero-order valence-electron chi connectivity index (χ0n) is 11.3. The van der Waals surface area contributed by atoms with E-state index < -0.39 is 0 Å². The lowest BCUT2D eigenvalue weighted by atomic mass is 10.1. The van der Waals surface area contributed by atoms with Crippen LogP contribution in [0.5, 0.6) is 5.75 Å². The van der Waals surface area contributed by atoms with Gasteiger partial charge in [-0.3, -0.25) is 4.79 Å². The zero-order chi connectivity index (χ0) is 13.1. The molecule has 1 fully saturated rings. The van der Waals surface area contributed by atoms with E-state index in [1.165, 1.54) is 0 Å². The van der Waals surface area contributed by atoms with E-state index >= 15 is 0 Å². The molecule has 0 radical (unpaired) electrons. The molecule has 0 unspecified atom stereocenters. The number of nitrogens with one attached hydrogen (secondary N) is 1. The molecule has 0 aliphatic heterocycles. The van der Waals surface area contributed by atoms with Crippen molar-refractivity contribution in [2.45, 2.75) is 33.2 Å². The first kappa shape index (κ1) is 12.9. The molecular weight excluding hydrogens is 226 g/mol. The molecular formula is C15H21NO2. The summed E-state index contributed by atoms with van der Waals surface area (Å²) in [5.74, 6) is 1.84. The van der Waals surface area contributed by atoms with Crippen LogP contribution in [0.2, 0.25) is 0 Å². The largest absolute Gasteiger partial charge is 0.494 e. The maximum atomic E-state index is 11.8. The number of benzene rings is 1. The average molecular weight is 247 g/mol. The van der Waals surface area contributed by atoms with Gasteiger partial charge in [-0.2, -0.15) is 0 Å². The van der Waals surface area contributed by atoms with Gasteiger partial charge in [0.1, 0.15) is 5.75 Å². The van der Waals surface area contributed by atoms with Crippen molar-refractivity contribution in [3.8, 4) is 5.75 Å². The van der Waals surface area contributed by atoms with Crippen molar-refractivity contribution in [2.24, 2.45) is 11.8 Å². The van der Waals surface area contributed by atoms with Gasteiger partial charge in [0.25, 0.3) is 0 Å². The molecule has 0 spiro atoms. The molecule has 1 saturated carbocycles. The Morgan fingerprint density at radius 2 is 2.06 bits per heavy atom. The fourth-order valence-corrected chi connectivity index (χ4v) is 2.11. The fraction of sp³-hybridized carbons (Fsp3) is 0.533. The highest BCUT2D eigenvalue weighted by atomic mass is 16.5. The second-order valence-corrected chi connectivity index (χ2v) is 5.05. The lowest BCUT2D eigenvalue weighted by Gasteiger charge is -2.15. The van der Waals surface area contributed by atoms with Crippen molar-refractivity contribution in [2.75, 3.05) is 6.61 Å². The Kier molecular flexibility index (Phi) is 3.90. The molecule has 1 aliphatic carbocycles. The predicted octanol–water partition coefficient (Wildman–Crippen LogP) is 2.92. The molecule has 18 heavy (non-hydrogen) atoms. The van der Waals surface area contributed by atoms with Crippen LogP contribution in [0.4, 0.5) is 0 Å². The third-order valence-electron chi connectivity index (χ3n) is 3.50. The van der Waals surface area contributed by atoms with Crippen molar-refractivity contribution >= 4 is 5.91 Å². The topological polar surface area (TPSA) is 38.3 Å². The van der Waals surface area contributed by atoms with E-state index in [4.69, 9.17) is 4.74 Å². The summed E-state index contributed by atoms with van der Waals surface area (Å²) in [7, 11) is 0. The summed E-state index contributed by atoms with van der Waals surface area (Å²) in [6.45, 7) is 6.77. The highest BCUT2D eigenvalue weighted by molar-refractivity contribution is 5.81. The summed E-state index contributed by atoms with van der Waals surface area (Å²) >= 11 is 0. The van der Waals surface area contributed by atoms with Crippen molar-refractivity contribution < 1.29 is 9.53 Å². The molecule has 1 amide bonds. The first-order valence-corrected chi connectivity index (χ1v) is 6.65. The van der Waals surface area contributed by atoms with E-state index in [1.54, 1.807) is 0 Å². The van der Waals surface area contributed by atoms with Gasteiger partial charge in [-0.1, -0.05) is 19.1 Å². The molecule has 1 aromatic rings. The Morgan fingerprint density at radius 1 is 1.44 bits per heavy atom. The molecule has 1 aromatic carbocycles. The number of amides is 1. The maximum absolute atomic E-state index is 11.8. The summed E-state index contributed by atoms with van der Waals surface area (Å²) in [5.41, 5.74) is 1.11. The zero-order valence-corrected chi connectivity index (χ0v) is 11.3. The summed E-state index contributed by atoms with van der Waals surface area (Å²) < 4.78 is 5.40. The van der Waals surface area contributed by atoms with E-state index in [-0.39, 0.29) is 17.9 Å². The highest BCUT2D eigenvalue weighted by Crippen LogP contribution is 2.38. The van der Waals surface area contributed by atoms with E-state index in [0.29, 0.717) is 12.5 Å². The van der Waals surface area contributed by atoms with E-state index in [1.807, 2.05) is 38.1 Å². The van der Waals surface area contributed by atoms with Crippen molar-refractivity contribution in [1.29, 1.82) is 0 Å². The van der Waals surface area contributed by atoms with Gasteiger partial charge in [0.05, 0.1) is 12.6 Å². The minimum atomic E-state index is 0.0565. The molecule has 3 atom stereocenters. The van der Waals surface area contributed by atoms with E-state index in [9.17, 15) is 4.79 Å². The standard InChI is InChI=1S/C15H21NO2/c1-4-18-13-7-5-12(6-8-13)11(3)16-15(17)14-9-10(14)2/h5-8,10-11,14H,4,9H2,1-3H3,(H,16,17)/t10-,11-,14+/m0/s1. The molecule has 0 heterocycles. The summed E-state index contributed by atoms with van der Waals surface area (Å²) in [6, 6.07) is 7.96. The molecule has 0 saturated heterocycles. The van der Waals surface area contributed by atoms with Crippen LogP contribution >= 0.6 is 0 Å². The average Bonchev–Trinajstić information content (AvgIpc) is 3.08. The molecule has 0 aromatic heterocycles. The number of rotatable bonds is 5. The Bertz CT molecular complexity index is 413. The van der Waals surface area contributed by atoms with Gasteiger partial charge in [-0.25, -0.2) is 0 Å². The molecule has 0 bridgehead atoms. The number of hydrogen-bond acceptors (Lipinski definition) is 2. The first-order chi connectivity index (χ1) is 8.61.